The van der Waals surface area contributed by atoms with Gasteiger partial charge in [0.05, 0.1) is 6.54 Å². The fourth-order valence-corrected chi connectivity index (χ4v) is 3.10. The van der Waals surface area contributed by atoms with Crippen LogP contribution in [0.1, 0.15) is 30.1 Å². The molecular weight excluding hydrogens is 250 g/mol. The largest absolute Gasteiger partial charge is 0.321 e. The number of hydrogen-bond acceptors (Lipinski definition) is 3. The number of nitrogens with zero attached hydrogens (tertiary/aromatic N) is 2. The summed E-state index contributed by atoms with van der Waals surface area (Å²) in [4.78, 5) is 16.5. The highest BCUT2D eigenvalue weighted by Gasteiger charge is 2.31. The number of aryl methyl sites for hydroxylation is 1. The number of nitrogens with one attached hydrogen (secondary N) is 1. The second-order valence-corrected chi connectivity index (χ2v) is 5.83. The van der Waals surface area contributed by atoms with Gasteiger partial charge in [-0.15, -0.1) is 0 Å². The molecule has 0 aliphatic carbocycles. The minimum Gasteiger partial charge on any atom is -0.321 e. The molecule has 1 aromatic carbocycles. The highest BCUT2D eigenvalue weighted by atomic mass is 16.2. The van der Waals surface area contributed by atoms with Crippen molar-refractivity contribution in [1.29, 1.82) is 0 Å². The number of hydrogen-bond donors (Lipinski definition) is 1. The van der Waals surface area contributed by atoms with Gasteiger partial charge in [0, 0.05) is 13.1 Å². The molecule has 2 fully saturated rings. The summed E-state index contributed by atoms with van der Waals surface area (Å²) in [6.45, 7) is 6.73. The first-order valence-electron chi connectivity index (χ1n) is 7.56. The van der Waals surface area contributed by atoms with E-state index in [9.17, 15) is 4.79 Å². The van der Waals surface area contributed by atoms with Gasteiger partial charge in [0.2, 0.25) is 5.91 Å². The van der Waals surface area contributed by atoms with Crippen LogP contribution in [0.5, 0.6) is 0 Å². The lowest BCUT2D eigenvalue weighted by Gasteiger charge is -2.27. The summed E-state index contributed by atoms with van der Waals surface area (Å²) in [6, 6.07) is 8.46. The third kappa shape index (κ3) is 2.86. The Kier molecular flexibility index (Phi) is 4.03. The van der Waals surface area contributed by atoms with Gasteiger partial charge in [0.15, 0.2) is 0 Å². The van der Waals surface area contributed by atoms with Crippen molar-refractivity contribution in [3.63, 3.8) is 0 Å². The molecular formula is C16H23N3O. The summed E-state index contributed by atoms with van der Waals surface area (Å²) in [5, 5.41) is 3.33. The third-order valence-electron chi connectivity index (χ3n) is 4.33. The van der Waals surface area contributed by atoms with Crippen LogP contribution in [0.3, 0.4) is 0 Å². The second-order valence-electron chi connectivity index (χ2n) is 5.83. The van der Waals surface area contributed by atoms with Gasteiger partial charge in [-0.05, 0) is 38.4 Å². The van der Waals surface area contributed by atoms with Crippen LogP contribution in [0.2, 0.25) is 0 Å². The highest BCUT2D eigenvalue weighted by molar-refractivity contribution is 5.80. The Balaban J connectivity index is 1.66. The molecule has 0 bridgehead atoms. The minimum atomic E-state index is 0.0469. The lowest BCUT2D eigenvalue weighted by atomic mass is 10.1. The first kappa shape index (κ1) is 13.6. The van der Waals surface area contributed by atoms with Crippen molar-refractivity contribution in [2.45, 2.75) is 25.9 Å². The molecule has 1 N–H and O–H groups in total. The van der Waals surface area contributed by atoms with Crippen LogP contribution < -0.4 is 5.32 Å². The molecule has 1 unspecified atom stereocenters. The quantitative estimate of drug-likeness (QED) is 0.903. The van der Waals surface area contributed by atoms with Gasteiger partial charge < -0.3 is 9.80 Å². The topological polar surface area (TPSA) is 35.6 Å². The lowest BCUT2D eigenvalue weighted by Crippen LogP contribution is -2.37. The molecule has 1 atom stereocenters. The van der Waals surface area contributed by atoms with Crippen molar-refractivity contribution < 1.29 is 4.79 Å². The Morgan fingerprint density at radius 1 is 1.15 bits per heavy atom. The molecule has 0 aromatic heterocycles. The average molecular weight is 273 g/mol. The fraction of sp³-hybridized carbons (Fsp3) is 0.562. The first-order chi connectivity index (χ1) is 9.74. The van der Waals surface area contributed by atoms with Crippen molar-refractivity contribution in [1.82, 2.24) is 15.1 Å². The summed E-state index contributed by atoms with van der Waals surface area (Å²) in [5.41, 5.74) is 2.43. The van der Waals surface area contributed by atoms with Gasteiger partial charge in [-0.25, -0.2) is 0 Å². The number of amides is 1. The zero-order valence-corrected chi connectivity index (χ0v) is 12.1. The SMILES string of the molecule is Cc1ccc(C2NCC(=O)N2CCN2CCCC2)cc1. The van der Waals surface area contributed by atoms with Gasteiger partial charge in [-0.3, -0.25) is 10.1 Å². The minimum absolute atomic E-state index is 0.0469. The van der Waals surface area contributed by atoms with Crippen LogP contribution in [0.4, 0.5) is 0 Å². The van der Waals surface area contributed by atoms with Gasteiger partial charge in [-0.2, -0.15) is 0 Å². The smallest absolute Gasteiger partial charge is 0.238 e. The van der Waals surface area contributed by atoms with Gasteiger partial charge in [0.25, 0.3) is 0 Å². The van der Waals surface area contributed by atoms with E-state index in [2.05, 4.69) is 41.4 Å². The third-order valence-corrected chi connectivity index (χ3v) is 4.33. The van der Waals surface area contributed by atoms with E-state index in [4.69, 9.17) is 0 Å². The van der Waals surface area contributed by atoms with Crippen LogP contribution >= 0.6 is 0 Å². The van der Waals surface area contributed by atoms with E-state index in [0.717, 1.165) is 13.1 Å². The Morgan fingerprint density at radius 2 is 1.85 bits per heavy atom. The summed E-state index contributed by atoms with van der Waals surface area (Å²) in [7, 11) is 0. The van der Waals surface area contributed by atoms with Crippen molar-refractivity contribution in [3.8, 4) is 0 Å². The lowest BCUT2D eigenvalue weighted by molar-refractivity contribution is -0.128. The van der Waals surface area contributed by atoms with Gasteiger partial charge in [-0.1, -0.05) is 29.8 Å². The molecule has 0 saturated carbocycles. The van der Waals surface area contributed by atoms with Crippen LogP contribution in [-0.2, 0) is 4.79 Å². The molecule has 2 aliphatic heterocycles. The summed E-state index contributed by atoms with van der Waals surface area (Å²) in [5.74, 6) is 0.217. The Labute approximate surface area is 120 Å². The first-order valence-corrected chi connectivity index (χ1v) is 7.56. The van der Waals surface area contributed by atoms with Crippen LogP contribution in [0, 0.1) is 6.92 Å². The molecule has 4 heteroatoms. The molecule has 2 heterocycles. The van der Waals surface area contributed by atoms with Gasteiger partial charge >= 0.3 is 0 Å². The summed E-state index contributed by atoms with van der Waals surface area (Å²) < 4.78 is 0. The van der Waals surface area contributed by atoms with Crippen molar-refractivity contribution in [2.24, 2.45) is 0 Å². The van der Waals surface area contributed by atoms with Crippen molar-refractivity contribution in [3.05, 3.63) is 35.4 Å². The predicted octanol–water partition coefficient (Wildman–Crippen LogP) is 1.52. The Bertz CT molecular complexity index is 465. The zero-order valence-electron chi connectivity index (χ0n) is 12.1. The van der Waals surface area contributed by atoms with Gasteiger partial charge in [0.1, 0.15) is 6.17 Å². The second kappa shape index (κ2) is 5.94. The van der Waals surface area contributed by atoms with E-state index >= 15 is 0 Å². The molecule has 3 rings (SSSR count). The molecule has 2 saturated heterocycles. The molecule has 20 heavy (non-hydrogen) atoms. The summed E-state index contributed by atoms with van der Waals surface area (Å²) in [6.07, 6.45) is 2.65. The number of rotatable bonds is 4. The standard InChI is InChI=1S/C16H23N3O/c1-13-4-6-14(7-5-13)16-17-12-15(20)19(16)11-10-18-8-2-3-9-18/h4-7,16-17H,2-3,8-12H2,1H3. The van der Waals surface area contributed by atoms with E-state index in [1.165, 1.54) is 37.1 Å². The van der Waals surface area contributed by atoms with Crippen molar-refractivity contribution >= 4 is 5.91 Å². The zero-order chi connectivity index (χ0) is 13.9. The van der Waals surface area contributed by atoms with E-state index in [1.807, 2.05) is 4.90 Å². The summed E-state index contributed by atoms with van der Waals surface area (Å²) >= 11 is 0. The molecule has 1 aromatic rings. The number of benzene rings is 1. The van der Waals surface area contributed by atoms with E-state index < -0.39 is 0 Å². The molecule has 4 nitrogen and oxygen atoms in total. The van der Waals surface area contributed by atoms with E-state index in [1.54, 1.807) is 0 Å². The maximum absolute atomic E-state index is 12.1. The maximum atomic E-state index is 12.1. The monoisotopic (exact) mass is 273 g/mol. The molecule has 0 spiro atoms. The number of likely N-dealkylation sites (tertiary alicyclic amines) is 1. The highest BCUT2D eigenvalue weighted by Crippen LogP contribution is 2.22. The normalized spacial score (nSPS) is 23.8. The Morgan fingerprint density at radius 3 is 2.55 bits per heavy atom. The molecule has 0 radical (unpaired) electrons. The van der Waals surface area contributed by atoms with Crippen LogP contribution in [0.25, 0.3) is 0 Å². The number of carbonyl (C=O) groups excluding carboxylic acids is 1. The van der Waals surface area contributed by atoms with E-state index in [-0.39, 0.29) is 12.1 Å². The average Bonchev–Trinajstić information content (AvgIpc) is 3.07. The fourth-order valence-electron chi connectivity index (χ4n) is 3.10. The predicted molar refractivity (Wildman–Crippen MR) is 79.3 cm³/mol. The van der Waals surface area contributed by atoms with Crippen LogP contribution in [0.15, 0.2) is 24.3 Å². The van der Waals surface area contributed by atoms with Crippen LogP contribution in [-0.4, -0.2) is 48.4 Å². The molecule has 2 aliphatic rings. The maximum Gasteiger partial charge on any atom is 0.238 e. The molecule has 1 amide bonds. The number of carbonyl (C=O) groups is 1. The molecule has 108 valence electrons. The van der Waals surface area contributed by atoms with Crippen molar-refractivity contribution in [2.75, 3.05) is 32.7 Å². The van der Waals surface area contributed by atoms with E-state index in [0.29, 0.717) is 6.54 Å². The Hall–Kier alpha value is -1.39.